The fraction of sp³-hybridized carbons (Fsp3) is 0.312. The SMILES string of the molecule is CCCCc1ccc(C(=O)O)n1Cc1ccccc1. The zero-order valence-electron chi connectivity index (χ0n) is 11.2. The minimum absolute atomic E-state index is 0.370. The molecule has 1 heterocycles. The van der Waals surface area contributed by atoms with Crippen molar-refractivity contribution in [2.24, 2.45) is 0 Å². The van der Waals surface area contributed by atoms with E-state index in [1.807, 2.05) is 41.0 Å². The van der Waals surface area contributed by atoms with Crippen LogP contribution in [-0.2, 0) is 13.0 Å². The average molecular weight is 257 g/mol. The van der Waals surface area contributed by atoms with E-state index in [1.165, 1.54) is 0 Å². The van der Waals surface area contributed by atoms with Crippen molar-refractivity contribution >= 4 is 5.97 Å². The lowest BCUT2D eigenvalue weighted by molar-refractivity contribution is 0.0685. The average Bonchev–Trinajstić information content (AvgIpc) is 2.80. The molecule has 0 spiro atoms. The molecule has 1 aromatic carbocycles. The van der Waals surface area contributed by atoms with Gasteiger partial charge in [0.2, 0.25) is 0 Å². The van der Waals surface area contributed by atoms with Crippen LogP contribution in [0, 0.1) is 0 Å². The van der Waals surface area contributed by atoms with E-state index >= 15 is 0 Å². The van der Waals surface area contributed by atoms with Gasteiger partial charge in [-0.25, -0.2) is 4.79 Å². The highest BCUT2D eigenvalue weighted by molar-refractivity contribution is 5.86. The summed E-state index contributed by atoms with van der Waals surface area (Å²) in [6.45, 7) is 2.76. The fourth-order valence-corrected chi connectivity index (χ4v) is 2.23. The highest BCUT2D eigenvalue weighted by atomic mass is 16.4. The Morgan fingerprint density at radius 2 is 1.89 bits per heavy atom. The van der Waals surface area contributed by atoms with Gasteiger partial charge in [0.05, 0.1) is 0 Å². The molecule has 19 heavy (non-hydrogen) atoms. The maximum atomic E-state index is 11.3. The topological polar surface area (TPSA) is 42.2 Å². The Labute approximate surface area is 113 Å². The van der Waals surface area contributed by atoms with E-state index < -0.39 is 5.97 Å². The summed E-state index contributed by atoms with van der Waals surface area (Å²) in [7, 11) is 0. The maximum absolute atomic E-state index is 11.3. The van der Waals surface area contributed by atoms with Crippen molar-refractivity contribution in [1.29, 1.82) is 0 Å². The van der Waals surface area contributed by atoms with Gasteiger partial charge in [-0.1, -0.05) is 43.7 Å². The van der Waals surface area contributed by atoms with Gasteiger partial charge in [-0.3, -0.25) is 0 Å². The van der Waals surface area contributed by atoms with Gasteiger partial charge in [-0.05, 0) is 30.5 Å². The number of aromatic carboxylic acids is 1. The molecule has 0 bridgehead atoms. The second-order valence-corrected chi connectivity index (χ2v) is 4.69. The lowest BCUT2D eigenvalue weighted by Crippen LogP contribution is -2.12. The summed E-state index contributed by atoms with van der Waals surface area (Å²) in [5, 5.41) is 9.26. The number of carboxylic acids is 1. The standard InChI is InChI=1S/C16H19NO2/c1-2-3-9-14-10-11-15(16(18)19)17(14)12-13-7-5-4-6-8-13/h4-8,10-11H,2-3,9,12H2,1H3,(H,18,19). The van der Waals surface area contributed by atoms with Crippen molar-refractivity contribution in [2.75, 3.05) is 0 Å². The Bertz CT molecular complexity index is 543. The Balaban J connectivity index is 2.29. The Morgan fingerprint density at radius 3 is 2.53 bits per heavy atom. The molecule has 0 saturated carbocycles. The molecule has 0 saturated heterocycles. The van der Waals surface area contributed by atoms with Gasteiger partial charge in [0, 0.05) is 12.2 Å². The number of unbranched alkanes of at least 4 members (excludes halogenated alkanes) is 1. The first kappa shape index (κ1) is 13.4. The molecule has 2 rings (SSSR count). The summed E-state index contributed by atoms with van der Waals surface area (Å²) in [4.78, 5) is 11.3. The second-order valence-electron chi connectivity index (χ2n) is 4.69. The van der Waals surface area contributed by atoms with Crippen LogP contribution >= 0.6 is 0 Å². The molecule has 0 radical (unpaired) electrons. The van der Waals surface area contributed by atoms with Crippen LogP contribution in [0.1, 0.15) is 41.5 Å². The van der Waals surface area contributed by atoms with Crippen LogP contribution in [0.5, 0.6) is 0 Å². The number of hydrogen-bond donors (Lipinski definition) is 1. The predicted molar refractivity (Wildman–Crippen MR) is 75.5 cm³/mol. The molecule has 2 aromatic rings. The zero-order valence-corrected chi connectivity index (χ0v) is 11.2. The van der Waals surface area contributed by atoms with Gasteiger partial charge in [-0.2, -0.15) is 0 Å². The van der Waals surface area contributed by atoms with Gasteiger partial charge in [0.15, 0.2) is 0 Å². The smallest absolute Gasteiger partial charge is 0.352 e. The van der Waals surface area contributed by atoms with Gasteiger partial charge in [0.1, 0.15) is 5.69 Å². The lowest BCUT2D eigenvalue weighted by atomic mass is 10.2. The number of aryl methyl sites for hydroxylation is 1. The lowest BCUT2D eigenvalue weighted by Gasteiger charge is -2.11. The number of carbonyl (C=O) groups is 1. The van der Waals surface area contributed by atoms with Crippen molar-refractivity contribution in [3.8, 4) is 0 Å². The van der Waals surface area contributed by atoms with Gasteiger partial charge in [-0.15, -0.1) is 0 Å². The van der Waals surface area contributed by atoms with Crippen LogP contribution in [-0.4, -0.2) is 15.6 Å². The van der Waals surface area contributed by atoms with E-state index in [4.69, 9.17) is 0 Å². The molecular formula is C16H19NO2. The molecule has 1 N–H and O–H groups in total. The first-order valence-electron chi connectivity index (χ1n) is 6.68. The third-order valence-electron chi connectivity index (χ3n) is 3.26. The minimum atomic E-state index is -0.862. The summed E-state index contributed by atoms with van der Waals surface area (Å²) >= 11 is 0. The van der Waals surface area contributed by atoms with Crippen LogP contribution in [0.2, 0.25) is 0 Å². The van der Waals surface area contributed by atoms with Crippen LogP contribution in [0.3, 0.4) is 0 Å². The second kappa shape index (κ2) is 6.23. The molecule has 3 heteroatoms. The molecule has 0 aliphatic carbocycles. The van der Waals surface area contributed by atoms with E-state index in [9.17, 15) is 9.90 Å². The summed E-state index contributed by atoms with van der Waals surface area (Å²) in [5.41, 5.74) is 2.59. The minimum Gasteiger partial charge on any atom is -0.477 e. The molecular weight excluding hydrogens is 238 g/mol. The van der Waals surface area contributed by atoms with E-state index in [1.54, 1.807) is 6.07 Å². The van der Waals surface area contributed by atoms with E-state index in [2.05, 4.69) is 6.92 Å². The number of benzene rings is 1. The number of rotatable bonds is 6. The molecule has 0 atom stereocenters. The highest BCUT2D eigenvalue weighted by Crippen LogP contribution is 2.15. The van der Waals surface area contributed by atoms with Crippen molar-refractivity contribution < 1.29 is 9.90 Å². The normalized spacial score (nSPS) is 10.6. The largest absolute Gasteiger partial charge is 0.477 e. The molecule has 0 aliphatic rings. The van der Waals surface area contributed by atoms with E-state index in [0.717, 1.165) is 30.5 Å². The Kier molecular flexibility index (Phi) is 4.39. The molecule has 0 fully saturated rings. The Hall–Kier alpha value is -2.03. The summed E-state index contributed by atoms with van der Waals surface area (Å²) in [6, 6.07) is 13.6. The number of aromatic nitrogens is 1. The first-order valence-corrected chi connectivity index (χ1v) is 6.68. The molecule has 1 aromatic heterocycles. The monoisotopic (exact) mass is 257 g/mol. The first-order chi connectivity index (χ1) is 9.22. The number of hydrogen-bond acceptors (Lipinski definition) is 1. The zero-order chi connectivity index (χ0) is 13.7. The summed E-state index contributed by atoms with van der Waals surface area (Å²) < 4.78 is 1.91. The van der Waals surface area contributed by atoms with Crippen molar-refractivity contribution in [3.63, 3.8) is 0 Å². The summed E-state index contributed by atoms with van der Waals surface area (Å²) in [6.07, 6.45) is 3.12. The van der Waals surface area contributed by atoms with Crippen molar-refractivity contribution in [2.45, 2.75) is 32.7 Å². The molecule has 0 aliphatic heterocycles. The van der Waals surface area contributed by atoms with Gasteiger partial charge in [0.25, 0.3) is 0 Å². The quantitative estimate of drug-likeness (QED) is 0.859. The number of nitrogens with zero attached hydrogens (tertiary/aromatic N) is 1. The maximum Gasteiger partial charge on any atom is 0.352 e. The summed E-state index contributed by atoms with van der Waals surface area (Å²) in [5.74, 6) is -0.862. The van der Waals surface area contributed by atoms with E-state index in [-0.39, 0.29) is 0 Å². The third kappa shape index (κ3) is 3.25. The van der Waals surface area contributed by atoms with E-state index in [0.29, 0.717) is 12.2 Å². The van der Waals surface area contributed by atoms with Crippen LogP contribution in [0.25, 0.3) is 0 Å². The predicted octanol–water partition coefficient (Wildman–Crippen LogP) is 3.58. The molecule has 0 amide bonds. The third-order valence-corrected chi connectivity index (χ3v) is 3.26. The number of carboxylic acid groups (broad SMARTS) is 1. The van der Waals surface area contributed by atoms with Crippen molar-refractivity contribution in [3.05, 3.63) is 59.4 Å². The van der Waals surface area contributed by atoms with Crippen LogP contribution < -0.4 is 0 Å². The molecule has 0 unspecified atom stereocenters. The van der Waals surface area contributed by atoms with Crippen LogP contribution in [0.15, 0.2) is 42.5 Å². The molecule has 3 nitrogen and oxygen atoms in total. The Morgan fingerprint density at radius 1 is 1.16 bits per heavy atom. The fourth-order valence-electron chi connectivity index (χ4n) is 2.23. The highest BCUT2D eigenvalue weighted by Gasteiger charge is 2.13. The molecule has 100 valence electrons. The van der Waals surface area contributed by atoms with Crippen molar-refractivity contribution in [1.82, 2.24) is 4.57 Å². The van der Waals surface area contributed by atoms with Gasteiger partial charge < -0.3 is 9.67 Å². The van der Waals surface area contributed by atoms with Crippen LogP contribution in [0.4, 0.5) is 0 Å². The van der Waals surface area contributed by atoms with Gasteiger partial charge >= 0.3 is 5.97 Å².